The number of carbonyl (C=O) groups excluding carboxylic acids is 2. The zero-order valence-electron chi connectivity index (χ0n) is 14.2. The number of benzene rings is 2. The van der Waals surface area contributed by atoms with E-state index >= 15 is 0 Å². The van der Waals surface area contributed by atoms with Crippen molar-refractivity contribution in [3.8, 4) is 11.5 Å². The van der Waals surface area contributed by atoms with E-state index in [4.69, 9.17) is 25.5 Å². The molecule has 0 saturated carbocycles. The summed E-state index contributed by atoms with van der Waals surface area (Å²) in [6, 6.07) is 12.1. The van der Waals surface area contributed by atoms with Crippen molar-refractivity contribution in [1.82, 2.24) is 0 Å². The molecular weight excluding hydrogens is 372 g/mol. The fourth-order valence-corrected chi connectivity index (χ4v) is 2.77. The van der Waals surface area contributed by atoms with Crippen molar-refractivity contribution in [2.75, 3.05) is 17.4 Å². The Morgan fingerprint density at radius 1 is 1.07 bits per heavy atom. The van der Waals surface area contributed by atoms with E-state index in [1.165, 1.54) is 0 Å². The Hall–Kier alpha value is -3.19. The SMILES string of the molecule is C[C@@H](Cl)C(=O)Nc1c(C(=O)Nc2ccc3c(c2)OCO3)oc2ccccc12. The van der Waals surface area contributed by atoms with Crippen molar-refractivity contribution in [2.24, 2.45) is 0 Å². The van der Waals surface area contributed by atoms with E-state index in [9.17, 15) is 9.59 Å². The first-order chi connectivity index (χ1) is 13.0. The van der Waals surface area contributed by atoms with Gasteiger partial charge in [-0.1, -0.05) is 12.1 Å². The maximum Gasteiger partial charge on any atom is 0.293 e. The lowest BCUT2D eigenvalue weighted by Gasteiger charge is -2.08. The van der Waals surface area contributed by atoms with Crippen LogP contribution < -0.4 is 20.1 Å². The van der Waals surface area contributed by atoms with E-state index in [-0.39, 0.29) is 18.2 Å². The summed E-state index contributed by atoms with van der Waals surface area (Å²) in [6.07, 6.45) is 0. The Kier molecular flexibility index (Phi) is 4.37. The van der Waals surface area contributed by atoms with Crippen LogP contribution in [0.4, 0.5) is 11.4 Å². The fourth-order valence-electron chi connectivity index (χ4n) is 2.71. The predicted octanol–water partition coefficient (Wildman–Crippen LogP) is 3.98. The topological polar surface area (TPSA) is 89.8 Å². The minimum atomic E-state index is -0.761. The van der Waals surface area contributed by atoms with Crippen LogP contribution in [0, 0.1) is 0 Å². The van der Waals surface area contributed by atoms with Crippen LogP contribution in [0.5, 0.6) is 11.5 Å². The number of alkyl halides is 1. The summed E-state index contributed by atoms with van der Waals surface area (Å²) >= 11 is 5.84. The first kappa shape index (κ1) is 17.2. The second-order valence-corrected chi connectivity index (χ2v) is 6.58. The maximum absolute atomic E-state index is 12.8. The van der Waals surface area contributed by atoms with Crippen LogP contribution in [0.1, 0.15) is 17.5 Å². The summed E-state index contributed by atoms with van der Waals surface area (Å²) in [5, 5.41) is 5.26. The van der Waals surface area contributed by atoms with Gasteiger partial charge in [0.25, 0.3) is 5.91 Å². The van der Waals surface area contributed by atoms with Crippen molar-refractivity contribution >= 4 is 45.8 Å². The van der Waals surface area contributed by atoms with Crippen molar-refractivity contribution in [1.29, 1.82) is 0 Å². The number of furan rings is 1. The molecule has 1 atom stereocenters. The number of para-hydroxylation sites is 1. The van der Waals surface area contributed by atoms with E-state index in [0.717, 1.165) is 0 Å². The van der Waals surface area contributed by atoms with Gasteiger partial charge in [-0.15, -0.1) is 11.6 Å². The summed E-state index contributed by atoms with van der Waals surface area (Å²) in [7, 11) is 0. The number of ether oxygens (including phenoxy) is 2. The lowest BCUT2D eigenvalue weighted by molar-refractivity contribution is -0.115. The van der Waals surface area contributed by atoms with Gasteiger partial charge in [-0.05, 0) is 31.2 Å². The molecule has 138 valence electrons. The molecule has 4 rings (SSSR count). The first-order valence-corrected chi connectivity index (χ1v) is 8.64. The minimum absolute atomic E-state index is 0.0143. The molecule has 1 aliphatic heterocycles. The van der Waals surface area contributed by atoms with Crippen molar-refractivity contribution < 1.29 is 23.5 Å². The number of rotatable bonds is 4. The van der Waals surface area contributed by atoms with Crippen LogP contribution in [0.25, 0.3) is 11.0 Å². The van der Waals surface area contributed by atoms with Gasteiger partial charge in [-0.2, -0.15) is 0 Å². The van der Waals surface area contributed by atoms with Crippen LogP contribution >= 0.6 is 11.6 Å². The number of anilines is 2. The van der Waals surface area contributed by atoms with Gasteiger partial charge >= 0.3 is 0 Å². The fraction of sp³-hybridized carbons (Fsp3) is 0.158. The van der Waals surface area contributed by atoms with Gasteiger partial charge in [0.15, 0.2) is 11.5 Å². The zero-order valence-corrected chi connectivity index (χ0v) is 15.0. The van der Waals surface area contributed by atoms with Crippen LogP contribution in [0.2, 0.25) is 0 Å². The highest BCUT2D eigenvalue weighted by Crippen LogP contribution is 2.35. The second-order valence-electron chi connectivity index (χ2n) is 5.93. The highest BCUT2D eigenvalue weighted by atomic mass is 35.5. The number of hydrogen-bond acceptors (Lipinski definition) is 5. The van der Waals surface area contributed by atoms with Crippen molar-refractivity contribution in [3.05, 3.63) is 48.2 Å². The average Bonchev–Trinajstić information content (AvgIpc) is 3.26. The number of fused-ring (bicyclic) bond motifs is 2. The molecule has 7 nitrogen and oxygen atoms in total. The van der Waals surface area contributed by atoms with E-state index in [1.54, 1.807) is 49.4 Å². The van der Waals surface area contributed by atoms with E-state index in [1.807, 2.05) is 0 Å². The van der Waals surface area contributed by atoms with Gasteiger partial charge in [0.05, 0.1) is 0 Å². The van der Waals surface area contributed by atoms with Gasteiger partial charge in [0, 0.05) is 17.1 Å². The van der Waals surface area contributed by atoms with Crippen LogP contribution in [0.3, 0.4) is 0 Å². The molecule has 2 aromatic carbocycles. The Morgan fingerprint density at radius 3 is 2.67 bits per heavy atom. The van der Waals surface area contributed by atoms with E-state index < -0.39 is 17.2 Å². The molecule has 27 heavy (non-hydrogen) atoms. The van der Waals surface area contributed by atoms with Gasteiger partial charge in [-0.3, -0.25) is 9.59 Å². The molecule has 1 aromatic heterocycles. The third-order valence-electron chi connectivity index (χ3n) is 4.04. The number of halogens is 1. The van der Waals surface area contributed by atoms with Gasteiger partial charge in [0.2, 0.25) is 18.5 Å². The number of carbonyl (C=O) groups is 2. The molecule has 0 unspecified atom stereocenters. The molecule has 2 amide bonds. The van der Waals surface area contributed by atoms with Gasteiger partial charge in [-0.25, -0.2) is 0 Å². The molecule has 1 aliphatic rings. The summed E-state index contributed by atoms with van der Waals surface area (Å²) < 4.78 is 16.2. The van der Waals surface area contributed by atoms with Crippen LogP contribution in [-0.4, -0.2) is 24.0 Å². The van der Waals surface area contributed by atoms with E-state index in [2.05, 4.69) is 10.6 Å². The molecule has 0 aliphatic carbocycles. The van der Waals surface area contributed by atoms with E-state index in [0.29, 0.717) is 28.2 Å². The molecule has 0 saturated heterocycles. The first-order valence-electron chi connectivity index (χ1n) is 8.20. The average molecular weight is 387 g/mol. The molecule has 2 heterocycles. The van der Waals surface area contributed by atoms with Crippen molar-refractivity contribution in [2.45, 2.75) is 12.3 Å². The van der Waals surface area contributed by atoms with Crippen molar-refractivity contribution in [3.63, 3.8) is 0 Å². The molecule has 3 aromatic rings. The lowest BCUT2D eigenvalue weighted by atomic mass is 10.2. The number of amides is 2. The van der Waals surface area contributed by atoms with Gasteiger partial charge < -0.3 is 24.5 Å². The minimum Gasteiger partial charge on any atom is -0.454 e. The third-order valence-corrected chi connectivity index (χ3v) is 4.24. The second kappa shape index (κ2) is 6.85. The number of nitrogens with one attached hydrogen (secondary N) is 2. The molecule has 0 bridgehead atoms. The van der Waals surface area contributed by atoms with Crippen LogP contribution in [0.15, 0.2) is 46.9 Å². The largest absolute Gasteiger partial charge is 0.454 e. The molecular formula is C19H15ClN2O5. The summed E-state index contributed by atoms with van der Waals surface area (Å²) in [5.74, 6) is 0.199. The Bertz CT molecular complexity index is 1040. The Labute approximate surface area is 159 Å². The molecule has 0 fully saturated rings. The Morgan fingerprint density at radius 2 is 1.85 bits per heavy atom. The highest BCUT2D eigenvalue weighted by molar-refractivity contribution is 6.33. The highest BCUT2D eigenvalue weighted by Gasteiger charge is 2.24. The standard InChI is InChI=1S/C19H15ClN2O5/c1-10(20)18(23)22-16-12-4-2-3-5-13(12)27-17(16)19(24)21-11-6-7-14-15(8-11)26-9-25-14/h2-8,10H,9H2,1H3,(H,21,24)(H,22,23)/t10-/m1/s1. The molecule has 0 spiro atoms. The molecule has 8 heteroatoms. The lowest BCUT2D eigenvalue weighted by Crippen LogP contribution is -2.22. The maximum atomic E-state index is 12.8. The van der Waals surface area contributed by atoms with Crippen LogP contribution in [-0.2, 0) is 4.79 Å². The summed E-state index contributed by atoms with van der Waals surface area (Å²) in [4.78, 5) is 24.9. The summed E-state index contributed by atoms with van der Waals surface area (Å²) in [6.45, 7) is 1.69. The molecule has 0 radical (unpaired) electrons. The number of hydrogen-bond donors (Lipinski definition) is 2. The predicted molar refractivity (Wildman–Crippen MR) is 101 cm³/mol. The summed E-state index contributed by atoms with van der Waals surface area (Å²) in [5.41, 5.74) is 1.26. The Balaban J connectivity index is 1.67. The molecule has 2 N–H and O–H groups in total. The van der Waals surface area contributed by atoms with Gasteiger partial charge in [0.1, 0.15) is 16.6 Å². The smallest absolute Gasteiger partial charge is 0.293 e. The monoisotopic (exact) mass is 386 g/mol. The quantitative estimate of drug-likeness (QED) is 0.662. The zero-order chi connectivity index (χ0) is 19.0. The third kappa shape index (κ3) is 3.29. The normalized spacial score (nSPS) is 13.4.